The number of carbonyl (C=O) groups excluding carboxylic acids is 2. The molecule has 0 saturated heterocycles. The Labute approximate surface area is 113 Å². The number of carbonyl (C=O) groups is 2. The van der Waals surface area contributed by atoms with Gasteiger partial charge >= 0.3 is 0 Å². The predicted octanol–water partition coefficient (Wildman–Crippen LogP) is 2.19. The molecule has 0 radical (unpaired) electrons. The van der Waals surface area contributed by atoms with Crippen LogP contribution in [0.4, 0.5) is 0 Å². The number of hydrogen-bond acceptors (Lipinski definition) is 4. The van der Waals surface area contributed by atoms with E-state index < -0.39 is 5.41 Å². The van der Waals surface area contributed by atoms with Gasteiger partial charge in [0.05, 0.1) is 5.56 Å². The number of ketones is 1. The van der Waals surface area contributed by atoms with Crippen LogP contribution in [0.25, 0.3) is 0 Å². The van der Waals surface area contributed by atoms with Gasteiger partial charge in [-0.05, 0) is 19.1 Å². The Morgan fingerprint density at radius 2 is 2.05 bits per heavy atom. The molecule has 19 heavy (non-hydrogen) atoms. The van der Waals surface area contributed by atoms with Gasteiger partial charge in [0.1, 0.15) is 5.78 Å². The van der Waals surface area contributed by atoms with Crippen molar-refractivity contribution in [2.24, 2.45) is 10.5 Å². The third-order valence-electron chi connectivity index (χ3n) is 2.52. The third kappa shape index (κ3) is 4.99. The molecule has 1 aromatic rings. The fraction of sp³-hybridized carbons (Fsp3) is 0.429. The quantitative estimate of drug-likeness (QED) is 0.667. The van der Waals surface area contributed by atoms with Crippen LogP contribution in [0.2, 0.25) is 0 Å². The molecule has 0 saturated carbocycles. The lowest BCUT2D eigenvalue weighted by Crippen LogP contribution is -2.24. The zero-order valence-electron chi connectivity index (χ0n) is 11.7. The van der Waals surface area contributed by atoms with Crippen LogP contribution in [0.15, 0.2) is 29.6 Å². The third-order valence-corrected chi connectivity index (χ3v) is 2.52. The van der Waals surface area contributed by atoms with Gasteiger partial charge in [0.2, 0.25) is 0 Å². The van der Waals surface area contributed by atoms with Gasteiger partial charge in [0.25, 0.3) is 5.91 Å². The Bertz CT molecular complexity index is 487. The van der Waals surface area contributed by atoms with Gasteiger partial charge in [0.15, 0.2) is 0 Å². The highest BCUT2D eigenvalue weighted by atomic mass is 16.2. The molecule has 0 bridgehead atoms. The van der Waals surface area contributed by atoms with Crippen molar-refractivity contribution in [3.05, 3.63) is 30.1 Å². The van der Waals surface area contributed by atoms with E-state index in [1.165, 1.54) is 6.20 Å². The molecule has 0 aliphatic carbocycles. The molecule has 0 aromatic carbocycles. The van der Waals surface area contributed by atoms with Crippen LogP contribution in [0.3, 0.4) is 0 Å². The minimum Gasteiger partial charge on any atom is -0.299 e. The summed E-state index contributed by atoms with van der Waals surface area (Å²) in [4.78, 5) is 27.3. The highest BCUT2D eigenvalue weighted by Crippen LogP contribution is 2.16. The fourth-order valence-corrected chi connectivity index (χ4v) is 1.24. The molecule has 0 aliphatic heterocycles. The first-order valence-electron chi connectivity index (χ1n) is 6.07. The van der Waals surface area contributed by atoms with E-state index in [1.807, 2.05) is 20.8 Å². The standard InChI is InChI=1S/C14H19N3O2/c1-10(8-12(18)14(2,3)4)16-17-13(19)11-6-5-7-15-9-11/h5-7,9H,8H2,1-4H3,(H,17,19)/b16-10-. The number of hydrazone groups is 1. The van der Waals surface area contributed by atoms with E-state index in [9.17, 15) is 9.59 Å². The maximum absolute atomic E-state index is 11.8. The molecule has 1 amide bonds. The van der Waals surface area contributed by atoms with Gasteiger partial charge in [-0.3, -0.25) is 14.6 Å². The maximum atomic E-state index is 11.8. The summed E-state index contributed by atoms with van der Waals surface area (Å²) in [5.74, 6) is -0.250. The average molecular weight is 261 g/mol. The summed E-state index contributed by atoms with van der Waals surface area (Å²) in [6.45, 7) is 7.29. The van der Waals surface area contributed by atoms with Crippen molar-refractivity contribution in [3.63, 3.8) is 0 Å². The maximum Gasteiger partial charge on any atom is 0.272 e. The van der Waals surface area contributed by atoms with Crippen LogP contribution in [0, 0.1) is 5.41 Å². The Balaban J connectivity index is 2.58. The molecule has 5 heteroatoms. The van der Waals surface area contributed by atoms with E-state index in [1.54, 1.807) is 25.3 Å². The van der Waals surface area contributed by atoms with Gasteiger partial charge in [-0.1, -0.05) is 20.8 Å². The largest absolute Gasteiger partial charge is 0.299 e. The molecule has 0 spiro atoms. The van der Waals surface area contributed by atoms with Gasteiger partial charge in [-0.2, -0.15) is 5.10 Å². The van der Waals surface area contributed by atoms with Gasteiger partial charge in [0, 0.05) is 29.9 Å². The van der Waals surface area contributed by atoms with Crippen LogP contribution in [-0.4, -0.2) is 22.4 Å². The van der Waals surface area contributed by atoms with Crippen LogP contribution in [0.1, 0.15) is 44.5 Å². The predicted molar refractivity (Wildman–Crippen MR) is 73.9 cm³/mol. The molecule has 1 aromatic heterocycles. The molecule has 0 atom stereocenters. The fourth-order valence-electron chi connectivity index (χ4n) is 1.24. The van der Waals surface area contributed by atoms with Crippen molar-refractivity contribution in [3.8, 4) is 0 Å². The van der Waals surface area contributed by atoms with Gasteiger partial charge in [-0.25, -0.2) is 5.43 Å². The number of nitrogens with one attached hydrogen (secondary N) is 1. The zero-order valence-corrected chi connectivity index (χ0v) is 11.7. The number of amides is 1. The van der Waals surface area contributed by atoms with Crippen LogP contribution < -0.4 is 5.43 Å². The lowest BCUT2D eigenvalue weighted by Gasteiger charge is -2.15. The number of hydrogen-bond donors (Lipinski definition) is 1. The number of Topliss-reactive ketones (excluding diaryl/α,β-unsaturated/α-hetero) is 1. The van der Waals surface area contributed by atoms with E-state index in [2.05, 4.69) is 15.5 Å². The smallest absolute Gasteiger partial charge is 0.272 e. The summed E-state index contributed by atoms with van der Waals surface area (Å²) >= 11 is 0. The molecular formula is C14H19N3O2. The van der Waals surface area contributed by atoms with Crippen molar-refractivity contribution in [1.29, 1.82) is 0 Å². The van der Waals surface area contributed by atoms with Crippen molar-refractivity contribution < 1.29 is 9.59 Å². The first-order valence-corrected chi connectivity index (χ1v) is 6.07. The van der Waals surface area contributed by atoms with Gasteiger partial charge in [-0.15, -0.1) is 0 Å². The second kappa shape index (κ2) is 6.22. The monoisotopic (exact) mass is 261 g/mol. The summed E-state index contributed by atoms with van der Waals surface area (Å²) in [7, 11) is 0. The summed E-state index contributed by atoms with van der Waals surface area (Å²) in [6, 6.07) is 3.32. The van der Waals surface area contributed by atoms with E-state index in [0.717, 1.165) is 0 Å². The second-order valence-electron chi connectivity index (χ2n) is 5.38. The first-order chi connectivity index (χ1) is 8.80. The van der Waals surface area contributed by atoms with E-state index in [-0.39, 0.29) is 18.1 Å². The van der Waals surface area contributed by atoms with Gasteiger partial charge < -0.3 is 0 Å². The lowest BCUT2D eigenvalue weighted by molar-refractivity contribution is -0.125. The second-order valence-corrected chi connectivity index (χ2v) is 5.38. The normalized spacial score (nSPS) is 12.1. The lowest BCUT2D eigenvalue weighted by atomic mass is 9.88. The Kier molecular flexibility index (Phi) is 4.92. The number of aromatic nitrogens is 1. The molecule has 0 fully saturated rings. The summed E-state index contributed by atoms with van der Waals surface area (Å²) in [5.41, 5.74) is 3.03. The van der Waals surface area contributed by atoms with E-state index in [0.29, 0.717) is 11.3 Å². The highest BCUT2D eigenvalue weighted by molar-refractivity contribution is 6.03. The zero-order chi connectivity index (χ0) is 14.5. The molecular weight excluding hydrogens is 242 g/mol. The Hall–Kier alpha value is -2.04. The number of nitrogens with zero attached hydrogens (tertiary/aromatic N) is 2. The number of rotatable bonds is 4. The molecule has 1 heterocycles. The molecule has 102 valence electrons. The number of pyridine rings is 1. The molecule has 0 aliphatic rings. The van der Waals surface area contributed by atoms with Crippen molar-refractivity contribution in [1.82, 2.24) is 10.4 Å². The summed E-state index contributed by atoms with van der Waals surface area (Å²) in [5, 5.41) is 3.92. The van der Waals surface area contributed by atoms with Crippen molar-refractivity contribution in [2.45, 2.75) is 34.1 Å². The minimum atomic E-state index is -0.399. The Morgan fingerprint density at radius 1 is 1.37 bits per heavy atom. The topological polar surface area (TPSA) is 71.4 Å². The molecule has 5 nitrogen and oxygen atoms in total. The SMILES string of the molecule is C/C(CC(=O)C(C)(C)C)=N/NC(=O)c1cccnc1. The Morgan fingerprint density at radius 3 is 2.58 bits per heavy atom. The molecule has 1 rings (SSSR count). The van der Waals surface area contributed by atoms with Crippen LogP contribution in [0.5, 0.6) is 0 Å². The molecule has 1 N–H and O–H groups in total. The van der Waals surface area contributed by atoms with Crippen LogP contribution in [-0.2, 0) is 4.79 Å². The van der Waals surface area contributed by atoms with Crippen LogP contribution >= 0.6 is 0 Å². The van der Waals surface area contributed by atoms with E-state index in [4.69, 9.17) is 0 Å². The van der Waals surface area contributed by atoms with Crippen molar-refractivity contribution >= 4 is 17.4 Å². The van der Waals surface area contributed by atoms with Crippen molar-refractivity contribution in [2.75, 3.05) is 0 Å². The summed E-state index contributed by atoms with van der Waals surface area (Å²) in [6.07, 6.45) is 3.28. The summed E-state index contributed by atoms with van der Waals surface area (Å²) < 4.78 is 0. The first kappa shape index (κ1) is 15.0. The van der Waals surface area contributed by atoms with E-state index >= 15 is 0 Å². The highest BCUT2D eigenvalue weighted by Gasteiger charge is 2.21. The minimum absolute atomic E-state index is 0.0874. The molecule has 0 unspecified atom stereocenters. The average Bonchev–Trinajstić information content (AvgIpc) is 2.35.